The van der Waals surface area contributed by atoms with Gasteiger partial charge in [-0.3, -0.25) is 4.79 Å². The number of halogens is 1. The number of esters is 1. The molecule has 7 heteroatoms. The number of ether oxygens (including phenoxy) is 1. The normalized spacial score (nSPS) is 11.0. The lowest BCUT2D eigenvalue weighted by Crippen LogP contribution is -2.17. The summed E-state index contributed by atoms with van der Waals surface area (Å²) >= 11 is 5.95. The molecular formula is C15H10ClNO5. The molecule has 0 aliphatic rings. The Hall–Kier alpha value is -2.60. The largest absolute Gasteiger partial charge is 0.462 e. The monoisotopic (exact) mass is 319 g/mol. The number of nitrogens with one attached hydrogen (secondary N) is 1. The zero-order valence-electron chi connectivity index (χ0n) is 11.4. The maximum Gasteiger partial charge on any atom is 0.339 e. The first-order chi connectivity index (χ1) is 10.5. The molecule has 1 N–H and O–H groups in total. The van der Waals surface area contributed by atoms with Gasteiger partial charge in [0.25, 0.3) is 5.56 Å². The van der Waals surface area contributed by atoms with Crippen LogP contribution in [0, 0.1) is 0 Å². The first-order valence-corrected chi connectivity index (χ1v) is 6.85. The summed E-state index contributed by atoms with van der Waals surface area (Å²) in [6.45, 7) is 1.75. The Labute approximate surface area is 128 Å². The summed E-state index contributed by atoms with van der Waals surface area (Å²) < 4.78 is 10.0. The average molecular weight is 320 g/mol. The van der Waals surface area contributed by atoms with Crippen molar-refractivity contribution in [3.63, 3.8) is 0 Å². The molecule has 0 radical (unpaired) electrons. The molecule has 0 bridgehead atoms. The minimum absolute atomic E-state index is 0.0109. The molecule has 2 heterocycles. The quantitative estimate of drug-likeness (QED) is 0.579. The van der Waals surface area contributed by atoms with Gasteiger partial charge in [0.05, 0.1) is 23.1 Å². The Morgan fingerprint density at radius 1 is 1.32 bits per heavy atom. The lowest BCUT2D eigenvalue weighted by atomic mass is 10.1. The summed E-state index contributed by atoms with van der Waals surface area (Å²) in [4.78, 5) is 38.6. The van der Waals surface area contributed by atoms with Gasteiger partial charge in [-0.1, -0.05) is 11.6 Å². The topological polar surface area (TPSA) is 89.4 Å². The van der Waals surface area contributed by atoms with Crippen molar-refractivity contribution in [1.29, 1.82) is 0 Å². The van der Waals surface area contributed by atoms with Gasteiger partial charge in [-0.2, -0.15) is 0 Å². The van der Waals surface area contributed by atoms with Crippen LogP contribution in [0.15, 0.2) is 38.3 Å². The summed E-state index contributed by atoms with van der Waals surface area (Å²) in [5.74, 6) is -0.757. The van der Waals surface area contributed by atoms with Crippen LogP contribution in [0.1, 0.15) is 17.3 Å². The van der Waals surface area contributed by atoms with Gasteiger partial charge in [0, 0.05) is 16.5 Å². The molecule has 0 aliphatic carbocycles. The van der Waals surface area contributed by atoms with E-state index in [2.05, 4.69) is 4.98 Å². The number of H-pyrrole nitrogens is 1. The molecule has 0 fully saturated rings. The molecule has 2 aromatic heterocycles. The number of aromatic amines is 1. The number of fused-ring (bicyclic) bond motifs is 3. The SMILES string of the molecule is CCOC(=O)c1cc(=O)oc2c1c(=O)[nH]c1ccc(Cl)cc12. The summed E-state index contributed by atoms with van der Waals surface area (Å²) in [5, 5.41) is 0.809. The molecule has 0 saturated carbocycles. The highest BCUT2D eigenvalue weighted by Gasteiger charge is 2.19. The highest BCUT2D eigenvalue weighted by Crippen LogP contribution is 2.25. The summed E-state index contributed by atoms with van der Waals surface area (Å²) in [6, 6.07) is 5.69. The molecule has 0 aliphatic heterocycles. The molecule has 3 aromatic rings. The van der Waals surface area contributed by atoms with Gasteiger partial charge in [-0.25, -0.2) is 9.59 Å². The number of rotatable bonds is 2. The smallest absolute Gasteiger partial charge is 0.339 e. The molecule has 3 rings (SSSR count). The van der Waals surface area contributed by atoms with Crippen molar-refractivity contribution in [2.24, 2.45) is 0 Å². The number of carbonyl (C=O) groups is 1. The summed E-state index contributed by atoms with van der Waals surface area (Å²) in [6.07, 6.45) is 0. The van der Waals surface area contributed by atoms with E-state index in [9.17, 15) is 14.4 Å². The predicted molar refractivity (Wildman–Crippen MR) is 81.6 cm³/mol. The second-order valence-electron chi connectivity index (χ2n) is 4.55. The van der Waals surface area contributed by atoms with Gasteiger partial charge in [-0.15, -0.1) is 0 Å². The fraction of sp³-hybridized carbons (Fsp3) is 0.133. The fourth-order valence-electron chi connectivity index (χ4n) is 2.28. The Morgan fingerprint density at radius 2 is 2.09 bits per heavy atom. The standard InChI is InChI=1S/C15H10ClNO5/c1-2-21-15(20)9-6-11(18)22-13-8-5-7(16)3-4-10(8)17-14(19)12(9)13/h3-6H,2H2,1H3,(H,17,19). The average Bonchev–Trinajstić information content (AvgIpc) is 2.47. The van der Waals surface area contributed by atoms with Gasteiger partial charge in [0.2, 0.25) is 0 Å². The third kappa shape index (κ3) is 2.27. The zero-order valence-corrected chi connectivity index (χ0v) is 12.2. The van der Waals surface area contributed by atoms with E-state index in [-0.39, 0.29) is 23.1 Å². The first kappa shape index (κ1) is 14.3. The van der Waals surface area contributed by atoms with E-state index in [0.717, 1.165) is 6.07 Å². The van der Waals surface area contributed by atoms with E-state index >= 15 is 0 Å². The lowest BCUT2D eigenvalue weighted by molar-refractivity contribution is 0.0528. The second kappa shape index (κ2) is 5.31. The van der Waals surface area contributed by atoms with E-state index in [4.69, 9.17) is 20.8 Å². The number of carbonyl (C=O) groups excluding carboxylic acids is 1. The minimum atomic E-state index is -0.757. The molecule has 0 saturated heterocycles. The van der Waals surface area contributed by atoms with Crippen LogP contribution < -0.4 is 11.2 Å². The van der Waals surface area contributed by atoms with Gasteiger partial charge in [-0.05, 0) is 25.1 Å². The first-order valence-electron chi connectivity index (χ1n) is 6.47. The van der Waals surface area contributed by atoms with Gasteiger partial charge < -0.3 is 14.1 Å². The van der Waals surface area contributed by atoms with Crippen molar-refractivity contribution in [2.45, 2.75) is 6.92 Å². The van der Waals surface area contributed by atoms with E-state index in [1.54, 1.807) is 25.1 Å². The maximum atomic E-state index is 12.3. The predicted octanol–water partition coefficient (Wildman–Crippen LogP) is 2.46. The number of benzene rings is 1. The van der Waals surface area contributed by atoms with Crippen LogP contribution in [0.25, 0.3) is 21.9 Å². The van der Waals surface area contributed by atoms with Crippen LogP contribution in [0.5, 0.6) is 0 Å². The molecule has 1 aromatic carbocycles. The third-order valence-corrected chi connectivity index (χ3v) is 3.39. The van der Waals surface area contributed by atoms with Crippen LogP contribution in [-0.4, -0.2) is 17.6 Å². The van der Waals surface area contributed by atoms with Gasteiger partial charge in [0.1, 0.15) is 0 Å². The Kier molecular flexibility index (Phi) is 3.46. The Bertz CT molecular complexity index is 1020. The van der Waals surface area contributed by atoms with E-state index in [1.165, 1.54) is 0 Å². The molecule has 0 amide bonds. The van der Waals surface area contributed by atoms with Crippen molar-refractivity contribution in [1.82, 2.24) is 4.98 Å². The van der Waals surface area contributed by atoms with E-state index in [0.29, 0.717) is 15.9 Å². The van der Waals surface area contributed by atoms with Crippen molar-refractivity contribution in [3.8, 4) is 0 Å². The van der Waals surface area contributed by atoms with Crippen LogP contribution in [0.2, 0.25) is 5.02 Å². The van der Waals surface area contributed by atoms with Crippen molar-refractivity contribution in [3.05, 3.63) is 55.6 Å². The lowest BCUT2D eigenvalue weighted by Gasteiger charge is -2.07. The fourth-order valence-corrected chi connectivity index (χ4v) is 2.45. The van der Waals surface area contributed by atoms with Gasteiger partial charge in [0.15, 0.2) is 5.58 Å². The van der Waals surface area contributed by atoms with E-state index < -0.39 is 17.2 Å². The van der Waals surface area contributed by atoms with E-state index in [1.807, 2.05) is 0 Å². The summed E-state index contributed by atoms with van der Waals surface area (Å²) in [7, 11) is 0. The van der Waals surface area contributed by atoms with Crippen LogP contribution >= 0.6 is 11.6 Å². The molecular weight excluding hydrogens is 310 g/mol. The third-order valence-electron chi connectivity index (χ3n) is 3.16. The molecule has 22 heavy (non-hydrogen) atoms. The highest BCUT2D eigenvalue weighted by atomic mass is 35.5. The summed E-state index contributed by atoms with van der Waals surface area (Å²) in [5.41, 5.74) is -0.960. The van der Waals surface area contributed by atoms with Gasteiger partial charge >= 0.3 is 11.6 Å². The van der Waals surface area contributed by atoms with Crippen LogP contribution in [-0.2, 0) is 4.74 Å². The number of aromatic nitrogens is 1. The number of pyridine rings is 1. The molecule has 0 unspecified atom stereocenters. The minimum Gasteiger partial charge on any atom is -0.462 e. The Morgan fingerprint density at radius 3 is 2.82 bits per heavy atom. The molecule has 0 spiro atoms. The van der Waals surface area contributed by atoms with Crippen LogP contribution in [0.4, 0.5) is 0 Å². The van der Waals surface area contributed by atoms with Crippen LogP contribution in [0.3, 0.4) is 0 Å². The highest BCUT2D eigenvalue weighted by molar-refractivity contribution is 6.31. The Balaban J connectivity index is 2.52. The maximum absolute atomic E-state index is 12.3. The molecule has 112 valence electrons. The molecule has 6 nitrogen and oxygen atoms in total. The van der Waals surface area contributed by atoms with Crippen molar-refractivity contribution in [2.75, 3.05) is 6.61 Å². The van der Waals surface area contributed by atoms with Crippen molar-refractivity contribution >= 4 is 39.4 Å². The number of hydrogen-bond acceptors (Lipinski definition) is 5. The zero-order chi connectivity index (χ0) is 15.9. The number of hydrogen-bond donors (Lipinski definition) is 1. The van der Waals surface area contributed by atoms with Crippen molar-refractivity contribution < 1.29 is 13.9 Å². The second-order valence-corrected chi connectivity index (χ2v) is 4.98. The molecule has 0 atom stereocenters.